The second-order valence-electron chi connectivity index (χ2n) is 10.7. The van der Waals surface area contributed by atoms with Crippen LogP contribution in [0.2, 0.25) is 0 Å². The molecule has 4 aliphatic carbocycles. The number of hydrogen-bond acceptors (Lipinski definition) is 2. The smallest absolute Gasteiger partial charge is 0.0704 e. The predicted molar refractivity (Wildman–Crippen MR) is 97.9 cm³/mol. The van der Waals surface area contributed by atoms with E-state index in [0.29, 0.717) is 22.3 Å². The minimum atomic E-state index is 0.379. The van der Waals surface area contributed by atoms with Gasteiger partial charge in [0.25, 0.3) is 0 Å². The van der Waals surface area contributed by atoms with Gasteiger partial charge in [0.2, 0.25) is 0 Å². The Bertz CT molecular complexity index is 482. The molecule has 4 rings (SSSR count). The molecule has 6 unspecified atom stereocenters. The van der Waals surface area contributed by atoms with Gasteiger partial charge >= 0.3 is 0 Å². The second-order valence-corrected chi connectivity index (χ2v) is 10.7. The highest BCUT2D eigenvalue weighted by atomic mass is 16.5. The standard InChI is InChI=1S/C22H38O2/c1-20(2)16-7-6-15(12-16)18(20)14-23-10-11-24-19-13-17-8-9-22(19,5)21(17,3)4/h15-19H,6-14H2,1-5H3. The van der Waals surface area contributed by atoms with Crippen LogP contribution in [0.3, 0.4) is 0 Å². The van der Waals surface area contributed by atoms with Crippen molar-refractivity contribution >= 4 is 0 Å². The third kappa shape index (κ3) is 2.35. The van der Waals surface area contributed by atoms with E-state index >= 15 is 0 Å². The highest BCUT2D eigenvalue weighted by Gasteiger charge is 2.61. The largest absolute Gasteiger partial charge is 0.379 e. The summed E-state index contributed by atoms with van der Waals surface area (Å²) >= 11 is 0. The first-order valence-electron chi connectivity index (χ1n) is 10.5. The van der Waals surface area contributed by atoms with Gasteiger partial charge in [0.15, 0.2) is 0 Å². The van der Waals surface area contributed by atoms with E-state index in [4.69, 9.17) is 9.47 Å². The number of fused-ring (bicyclic) bond motifs is 4. The van der Waals surface area contributed by atoms with Crippen molar-refractivity contribution in [3.8, 4) is 0 Å². The first kappa shape index (κ1) is 17.3. The van der Waals surface area contributed by atoms with Crippen molar-refractivity contribution in [2.75, 3.05) is 19.8 Å². The summed E-state index contributed by atoms with van der Waals surface area (Å²) in [4.78, 5) is 0. The van der Waals surface area contributed by atoms with Crippen molar-refractivity contribution in [3.05, 3.63) is 0 Å². The lowest BCUT2D eigenvalue weighted by Gasteiger charge is -2.39. The molecule has 0 spiro atoms. The summed E-state index contributed by atoms with van der Waals surface area (Å²) in [5, 5.41) is 0. The van der Waals surface area contributed by atoms with Crippen molar-refractivity contribution in [1.29, 1.82) is 0 Å². The van der Waals surface area contributed by atoms with Gasteiger partial charge in [-0.05, 0) is 78.4 Å². The summed E-state index contributed by atoms with van der Waals surface area (Å²) < 4.78 is 12.4. The minimum absolute atomic E-state index is 0.379. The molecule has 0 heterocycles. The summed E-state index contributed by atoms with van der Waals surface area (Å²) in [5.74, 6) is 3.51. The molecule has 0 radical (unpaired) electrons. The lowest BCUT2D eigenvalue weighted by atomic mass is 9.69. The fourth-order valence-corrected chi connectivity index (χ4v) is 7.16. The summed E-state index contributed by atoms with van der Waals surface area (Å²) in [6.07, 6.45) is 8.81. The monoisotopic (exact) mass is 334 g/mol. The van der Waals surface area contributed by atoms with Crippen LogP contribution < -0.4 is 0 Å². The summed E-state index contributed by atoms with van der Waals surface area (Å²) in [6, 6.07) is 0. The molecule has 0 saturated heterocycles. The van der Waals surface area contributed by atoms with Crippen molar-refractivity contribution in [1.82, 2.24) is 0 Å². The van der Waals surface area contributed by atoms with Crippen LogP contribution >= 0.6 is 0 Å². The van der Waals surface area contributed by atoms with Gasteiger partial charge in [0.05, 0.1) is 25.9 Å². The first-order chi connectivity index (χ1) is 11.3. The zero-order valence-electron chi connectivity index (χ0n) is 16.6. The van der Waals surface area contributed by atoms with Gasteiger partial charge in [0.1, 0.15) is 0 Å². The molecule has 4 aliphatic rings. The van der Waals surface area contributed by atoms with Crippen LogP contribution in [0, 0.1) is 39.9 Å². The third-order valence-electron chi connectivity index (χ3n) is 9.61. The predicted octanol–water partition coefficient (Wildman–Crippen LogP) is 5.31. The molecule has 4 fully saturated rings. The number of rotatable bonds is 6. The second kappa shape index (κ2) is 5.71. The first-order valence-corrected chi connectivity index (χ1v) is 10.5. The average Bonchev–Trinajstić information content (AvgIpc) is 3.18. The fraction of sp³-hybridized carbons (Fsp3) is 1.00. The molecule has 24 heavy (non-hydrogen) atoms. The van der Waals surface area contributed by atoms with E-state index in [9.17, 15) is 0 Å². The van der Waals surface area contributed by atoms with Crippen LogP contribution in [0.15, 0.2) is 0 Å². The van der Waals surface area contributed by atoms with Gasteiger partial charge in [-0.15, -0.1) is 0 Å². The van der Waals surface area contributed by atoms with Gasteiger partial charge in [-0.25, -0.2) is 0 Å². The van der Waals surface area contributed by atoms with E-state index in [1.54, 1.807) is 0 Å². The highest BCUT2D eigenvalue weighted by Crippen LogP contribution is 2.66. The molecule has 0 aromatic carbocycles. The maximum absolute atomic E-state index is 6.33. The van der Waals surface area contributed by atoms with Crippen LogP contribution in [0.1, 0.15) is 73.1 Å². The van der Waals surface area contributed by atoms with Crippen molar-refractivity contribution < 1.29 is 9.47 Å². The van der Waals surface area contributed by atoms with Crippen LogP contribution in [-0.4, -0.2) is 25.9 Å². The molecule has 0 N–H and O–H groups in total. The third-order valence-corrected chi connectivity index (χ3v) is 9.61. The maximum atomic E-state index is 6.33. The molecule has 4 bridgehead atoms. The van der Waals surface area contributed by atoms with Crippen LogP contribution in [-0.2, 0) is 9.47 Å². The molecule has 4 saturated carbocycles. The van der Waals surface area contributed by atoms with E-state index in [-0.39, 0.29) is 0 Å². The lowest BCUT2D eigenvalue weighted by molar-refractivity contribution is -0.0728. The molecule has 2 nitrogen and oxygen atoms in total. The minimum Gasteiger partial charge on any atom is -0.379 e. The molecular weight excluding hydrogens is 296 g/mol. The van der Waals surface area contributed by atoms with E-state index in [1.165, 1.54) is 38.5 Å². The van der Waals surface area contributed by atoms with Gasteiger partial charge in [-0.2, -0.15) is 0 Å². The Balaban J connectivity index is 1.21. The Labute approximate surface area is 149 Å². The zero-order valence-corrected chi connectivity index (χ0v) is 16.6. The molecular formula is C22H38O2. The summed E-state index contributed by atoms with van der Waals surface area (Å²) in [5.41, 5.74) is 1.32. The maximum Gasteiger partial charge on any atom is 0.0704 e. The summed E-state index contributed by atoms with van der Waals surface area (Å²) in [7, 11) is 0. The molecule has 138 valence electrons. The van der Waals surface area contributed by atoms with E-state index < -0.39 is 0 Å². The zero-order chi connectivity index (χ0) is 17.2. The molecule has 0 amide bonds. The quantitative estimate of drug-likeness (QED) is 0.613. The SMILES string of the molecule is CC1(C)C2CCC(C2)C1COCCOC1CC2CCC1(C)C2(C)C. The Hall–Kier alpha value is -0.0800. The van der Waals surface area contributed by atoms with Crippen LogP contribution in [0.25, 0.3) is 0 Å². The normalized spacial score (nSPS) is 47.6. The Morgan fingerprint density at radius 1 is 0.875 bits per heavy atom. The lowest BCUT2D eigenvalue weighted by Crippen LogP contribution is -2.38. The Morgan fingerprint density at radius 3 is 2.25 bits per heavy atom. The molecule has 0 aliphatic heterocycles. The van der Waals surface area contributed by atoms with Gasteiger partial charge in [-0.3, -0.25) is 0 Å². The van der Waals surface area contributed by atoms with Gasteiger partial charge in [0, 0.05) is 0 Å². The van der Waals surface area contributed by atoms with E-state index in [0.717, 1.165) is 43.5 Å². The fourth-order valence-electron chi connectivity index (χ4n) is 7.16. The van der Waals surface area contributed by atoms with Gasteiger partial charge in [-0.1, -0.05) is 34.6 Å². The number of ether oxygens (including phenoxy) is 2. The topological polar surface area (TPSA) is 18.5 Å². The molecule has 0 aromatic heterocycles. The average molecular weight is 335 g/mol. The van der Waals surface area contributed by atoms with Crippen molar-refractivity contribution in [2.24, 2.45) is 39.9 Å². The highest BCUT2D eigenvalue weighted by molar-refractivity contribution is 5.11. The Morgan fingerprint density at radius 2 is 1.67 bits per heavy atom. The van der Waals surface area contributed by atoms with Crippen molar-refractivity contribution in [2.45, 2.75) is 79.2 Å². The van der Waals surface area contributed by atoms with Crippen LogP contribution in [0.5, 0.6) is 0 Å². The van der Waals surface area contributed by atoms with Crippen LogP contribution in [0.4, 0.5) is 0 Å². The molecule has 6 atom stereocenters. The molecule has 0 aromatic rings. The Kier molecular flexibility index (Phi) is 4.12. The number of hydrogen-bond donors (Lipinski definition) is 0. The van der Waals surface area contributed by atoms with E-state index in [2.05, 4.69) is 34.6 Å². The summed E-state index contributed by atoms with van der Waals surface area (Å²) in [6.45, 7) is 14.8. The van der Waals surface area contributed by atoms with E-state index in [1.807, 2.05) is 0 Å². The van der Waals surface area contributed by atoms with Gasteiger partial charge < -0.3 is 9.47 Å². The van der Waals surface area contributed by atoms with Crippen molar-refractivity contribution in [3.63, 3.8) is 0 Å². The molecule has 2 heteroatoms.